The maximum Gasteiger partial charge on any atom is 0.270 e. The normalized spacial score (nSPS) is 23.1. The third-order valence-corrected chi connectivity index (χ3v) is 4.31. The fourth-order valence-electron chi connectivity index (χ4n) is 2.04. The van der Waals surface area contributed by atoms with E-state index in [4.69, 9.17) is 0 Å². The molecule has 0 saturated carbocycles. The number of hydrogen-bond donors (Lipinski definition) is 2. The van der Waals surface area contributed by atoms with Crippen LogP contribution in [0.2, 0.25) is 0 Å². The van der Waals surface area contributed by atoms with Gasteiger partial charge in [-0.1, -0.05) is 12.1 Å². The van der Waals surface area contributed by atoms with E-state index in [2.05, 4.69) is 5.10 Å². The Morgan fingerprint density at radius 2 is 2.05 bits per heavy atom. The van der Waals surface area contributed by atoms with Gasteiger partial charge in [0, 0.05) is 18.9 Å². The quantitative estimate of drug-likeness (QED) is 0.765. The molecule has 0 bridgehead atoms. The first kappa shape index (κ1) is 14.6. The van der Waals surface area contributed by atoms with Gasteiger partial charge in [-0.3, -0.25) is 4.79 Å². The van der Waals surface area contributed by atoms with Gasteiger partial charge in [0.25, 0.3) is 5.91 Å². The first-order chi connectivity index (χ1) is 9.20. The lowest BCUT2D eigenvalue weighted by Crippen LogP contribution is -2.53. The molecular weight excluding hydrogens is 282 g/mol. The Kier molecular flexibility index (Phi) is 3.41. The molecule has 1 unspecified atom stereocenters. The van der Waals surface area contributed by atoms with Crippen molar-refractivity contribution in [3.63, 3.8) is 0 Å². The van der Waals surface area contributed by atoms with Crippen molar-refractivity contribution in [3.05, 3.63) is 29.8 Å². The molecule has 1 aliphatic rings. The molecule has 1 amide bonds. The second-order valence-electron chi connectivity index (χ2n) is 4.81. The van der Waals surface area contributed by atoms with Crippen LogP contribution in [0.4, 0.5) is 0 Å². The van der Waals surface area contributed by atoms with Gasteiger partial charge in [-0.15, -0.1) is 0 Å². The van der Waals surface area contributed by atoms with E-state index in [0.717, 1.165) is 11.3 Å². The molecule has 0 fully saturated rings. The number of sulfone groups is 1. The molecule has 7 nitrogen and oxygen atoms in total. The Balaban J connectivity index is 2.57. The number of rotatable bonds is 3. The number of carbonyl (C=O) groups excluding carboxylic acids is 1. The Morgan fingerprint density at radius 1 is 1.40 bits per heavy atom. The van der Waals surface area contributed by atoms with E-state index >= 15 is 0 Å². The van der Waals surface area contributed by atoms with Crippen molar-refractivity contribution in [1.29, 1.82) is 0 Å². The summed E-state index contributed by atoms with van der Waals surface area (Å²) in [7, 11) is -1.90. The summed E-state index contributed by atoms with van der Waals surface area (Å²) in [5.41, 5.74) is 1.27. The lowest BCUT2D eigenvalue weighted by molar-refractivity contribution is -0.134. The van der Waals surface area contributed by atoms with Crippen LogP contribution in [0.3, 0.4) is 0 Å². The fraction of sp³-hybridized carbons (Fsp3) is 0.333. The highest BCUT2D eigenvalue weighted by Gasteiger charge is 2.46. The van der Waals surface area contributed by atoms with Crippen molar-refractivity contribution < 1.29 is 18.4 Å². The summed E-state index contributed by atoms with van der Waals surface area (Å²) in [5, 5.41) is 14.5. The van der Waals surface area contributed by atoms with Gasteiger partial charge < -0.3 is 5.21 Å². The molecule has 108 valence electrons. The molecule has 0 aromatic heterocycles. The molecule has 8 heteroatoms. The van der Waals surface area contributed by atoms with Gasteiger partial charge in [0.05, 0.1) is 10.6 Å². The zero-order chi connectivity index (χ0) is 15.1. The summed E-state index contributed by atoms with van der Waals surface area (Å²) in [6.07, 6.45) is 1.10. The second kappa shape index (κ2) is 4.65. The monoisotopic (exact) mass is 297 g/mol. The third-order valence-electron chi connectivity index (χ3n) is 3.20. The van der Waals surface area contributed by atoms with Crippen LogP contribution in [0.25, 0.3) is 0 Å². The minimum atomic E-state index is -3.36. The van der Waals surface area contributed by atoms with Crippen LogP contribution in [-0.2, 0) is 14.6 Å². The lowest BCUT2D eigenvalue weighted by Gasteiger charge is -2.21. The first-order valence-electron chi connectivity index (χ1n) is 5.79. The number of hydroxylamine groups is 1. The minimum absolute atomic E-state index is 0.125. The van der Waals surface area contributed by atoms with Crippen LogP contribution in [0.5, 0.6) is 0 Å². The number of benzene rings is 1. The van der Waals surface area contributed by atoms with Gasteiger partial charge in [-0.2, -0.15) is 10.6 Å². The second-order valence-corrected chi connectivity index (χ2v) is 6.83. The smallest absolute Gasteiger partial charge is 0.270 e. The summed E-state index contributed by atoms with van der Waals surface area (Å²) in [4.78, 5) is 12.1. The van der Waals surface area contributed by atoms with Crippen LogP contribution < -0.4 is 5.48 Å². The van der Waals surface area contributed by atoms with Crippen molar-refractivity contribution in [2.45, 2.75) is 17.4 Å². The molecule has 1 aliphatic heterocycles. The molecule has 1 atom stereocenters. The van der Waals surface area contributed by atoms with E-state index in [0.29, 0.717) is 5.56 Å². The highest BCUT2D eigenvalue weighted by atomic mass is 32.2. The van der Waals surface area contributed by atoms with Crippen LogP contribution in [0, 0.1) is 0 Å². The minimum Gasteiger partial charge on any atom is -0.315 e. The Hall–Kier alpha value is -1.77. The van der Waals surface area contributed by atoms with E-state index < -0.39 is 21.3 Å². The standard InChI is InChI=1S/C12H15N3O4S/c1-12(14-17)10(13-15(2)11(12)16)8-5-4-6-9(7-8)20(3,18)19/h4-7,14,17H,1-3H3. The summed E-state index contributed by atoms with van der Waals surface area (Å²) in [6.45, 7) is 1.48. The maximum atomic E-state index is 12.0. The van der Waals surface area contributed by atoms with Gasteiger partial charge in [0.2, 0.25) is 0 Å². The molecule has 1 heterocycles. The number of likely N-dealkylation sites (N-methyl/N-ethyl adjacent to an activating group) is 1. The molecule has 2 rings (SSSR count). The third kappa shape index (κ3) is 2.21. The molecule has 1 aromatic carbocycles. The van der Waals surface area contributed by atoms with Crippen LogP contribution in [-0.4, -0.2) is 49.1 Å². The van der Waals surface area contributed by atoms with Crippen molar-refractivity contribution in [2.24, 2.45) is 5.10 Å². The molecular formula is C12H15N3O4S. The van der Waals surface area contributed by atoms with Gasteiger partial charge in [-0.25, -0.2) is 13.4 Å². The Labute approximate surface area is 116 Å². The van der Waals surface area contributed by atoms with Gasteiger partial charge in [0.15, 0.2) is 15.4 Å². The van der Waals surface area contributed by atoms with E-state index in [1.54, 1.807) is 12.1 Å². The Bertz CT molecular complexity index is 698. The van der Waals surface area contributed by atoms with Gasteiger partial charge in [-0.05, 0) is 19.1 Å². The molecule has 0 radical (unpaired) electrons. The number of amides is 1. The summed E-state index contributed by atoms with van der Waals surface area (Å²) >= 11 is 0. The lowest BCUT2D eigenvalue weighted by atomic mass is 9.91. The Morgan fingerprint density at radius 3 is 2.60 bits per heavy atom. The van der Waals surface area contributed by atoms with Crippen molar-refractivity contribution in [3.8, 4) is 0 Å². The predicted molar refractivity (Wildman–Crippen MR) is 72.2 cm³/mol. The van der Waals surface area contributed by atoms with Gasteiger partial charge >= 0.3 is 0 Å². The first-order valence-corrected chi connectivity index (χ1v) is 7.68. The van der Waals surface area contributed by atoms with Crippen LogP contribution in [0.1, 0.15) is 12.5 Å². The predicted octanol–water partition coefficient (Wildman–Crippen LogP) is 0.00370. The van der Waals surface area contributed by atoms with Crippen LogP contribution in [0.15, 0.2) is 34.3 Å². The topological polar surface area (TPSA) is 99.1 Å². The zero-order valence-electron chi connectivity index (χ0n) is 11.3. The average molecular weight is 297 g/mol. The van der Waals surface area contributed by atoms with Gasteiger partial charge in [0.1, 0.15) is 0 Å². The fourth-order valence-corrected chi connectivity index (χ4v) is 2.71. The van der Waals surface area contributed by atoms with Crippen molar-refractivity contribution in [2.75, 3.05) is 13.3 Å². The number of hydrogen-bond acceptors (Lipinski definition) is 6. The number of nitrogens with zero attached hydrogens (tertiary/aromatic N) is 2. The largest absolute Gasteiger partial charge is 0.315 e. The average Bonchev–Trinajstić information content (AvgIpc) is 2.63. The highest BCUT2D eigenvalue weighted by Crippen LogP contribution is 2.24. The van der Waals surface area contributed by atoms with E-state index in [9.17, 15) is 18.4 Å². The summed E-state index contributed by atoms with van der Waals surface area (Å²) < 4.78 is 23.2. The molecule has 2 N–H and O–H groups in total. The number of carbonyl (C=O) groups is 1. The number of nitrogens with one attached hydrogen (secondary N) is 1. The summed E-state index contributed by atoms with van der Waals surface area (Å²) in [5.74, 6) is -0.431. The zero-order valence-corrected chi connectivity index (χ0v) is 12.1. The summed E-state index contributed by atoms with van der Waals surface area (Å²) in [6, 6.07) is 6.09. The van der Waals surface area contributed by atoms with E-state index in [-0.39, 0.29) is 10.6 Å². The highest BCUT2D eigenvalue weighted by molar-refractivity contribution is 7.90. The molecule has 0 saturated heterocycles. The molecule has 20 heavy (non-hydrogen) atoms. The number of hydrazone groups is 1. The van der Waals surface area contributed by atoms with Crippen LogP contribution >= 0.6 is 0 Å². The van der Waals surface area contributed by atoms with E-state index in [1.165, 1.54) is 26.1 Å². The molecule has 0 aliphatic carbocycles. The molecule has 1 aromatic rings. The maximum absolute atomic E-state index is 12.0. The van der Waals surface area contributed by atoms with Crippen molar-refractivity contribution >= 4 is 21.5 Å². The van der Waals surface area contributed by atoms with E-state index in [1.807, 2.05) is 5.48 Å². The SMILES string of the molecule is CN1N=C(c2cccc(S(C)(=O)=O)c2)C(C)(NO)C1=O. The molecule has 0 spiro atoms. The van der Waals surface area contributed by atoms with Crippen molar-refractivity contribution in [1.82, 2.24) is 10.5 Å².